The number of hydrogen-bond acceptors (Lipinski definition) is 8. The third-order valence-corrected chi connectivity index (χ3v) is 5.22. The van der Waals surface area contributed by atoms with Crippen molar-refractivity contribution in [3.8, 4) is 39.2 Å². The second-order valence-electron chi connectivity index (χ2n) is 6.30. The first kappa shape index (κ1) is 18.0. The van der Waals surface area contributed by atoms with Gasteiger partial charge in [-0.25, -0.2) is 9.50 Å². The van der Waals surface area contributed by atoms with Gasteiger partial charge in [-0.2, -0.15) is 10.1 Å². The maximum atomic E-state index is 10.8. The summed E-state index contributed by atoms with van der Waals surface area (Å²) in [6.07, 6.45) is 3.40. The van der Waals surface area contributed by atoms with Crippen LogP contribution in [0.15, 0.2) is 64.8 Å². The zero-order valence-electron chi connectivity index (χ0n) is 15.4. The number of fused-ring (bicyclic) bond motifs is 1. The third-order valence-electron chi connectivity index (χ3n) is 4.32. The smallest absolute Gasteiger partial charge is 0.263 e. The minimum absolute atomic E-state index is 0.180. The van der Waals surface area contributed by atoms with Crippen molar-refractivity contribution in [3.05, 3.63) is 60.2 Å². The fourth-order valence-corrected chi connectivity index (χ4v) is 3.69. The van der Waals surface area contributed by atoms with Crippen LogP contribution < -0.4 is 10.5 Å². The van der Waals surface area contributed by atoms with E-state index < -0.39 is 5.91 Å². The molecule has 148 valence electrons. The van der Waals surface area contributed by atoms with Crippen molar-refractivity contribution < 1.29 is 14.1 Å². The van der Waals surface area contributed by atoms with Crippen LogP contribution in [0.4, 0.5) is 0 Å². The van der Waals surface area contributed by atoms with Gasteiger partial charge in [0.05, 0.1) is 16.8 Å². The molecule has 0 saturated carbocycles. The fourth-order valence-electron chi connectivity index (χ4n) is 2.96. The number of thiophene rings is 1. The summed E-state index contributed by atoms with van der Waals surface area (Å²) in [5.41, 5.74) is 8.03. The lowest BCUT2D eigenvalue weighted by atomic mass is 10.2. The molecule has 4 heterocycles. The third kappa shape index (κ3) is 3.29. The second-order valence-corrected chi connectivity index (χ2v) is 7.25. The number of aromatic nitrogens is 5. The van der Waals surface area contributed by atoms with E-state index in [9.17, 15) is 4.79 Å². The summed E-state index contributed by atoms with van der Waals surface area (Å²) in [5, 5.41) is 10.5. The Labute approximate surface area is 173 Å². The molecule has 0 atom stereocenters. The summed E-state index contributed by atoms with van der Waals surface area (Å²) < 4.78 is 12.5. The Morgan fingerprint density at radius 3 is 2.83 bits per heavy atom. The maximum Gasteiger partial charge on any atom is 0.263 e. The Kier molecular flexibility index (Phi) is 4.45. The first-order valence-electron chi connectivity index (χ1n) is 8.91. The van der Waals surface area contributed by atoms with E-state index in [-0.39, 0.29) is 6.61 Å². The number of nitrogens with two attached hydrogens (primary N) is 1. The fraction of sp³-hybridized carbons (Fsp3) is 0.0500. The van der Waals surface area contributed by atoms with Crippen LogP contribution in [0.1, 0.15) is 0 Å². The molecule has 0 bridgehead atoms. The summed E-state index contributed by atoms with van der Waals surface area (Å²) in [4.78, 5) is 20.8. The molecular weight excluding hydrogens is 404 g/mol. The van der Waals surface area contributed by atoms with Crippen molar-refractivity contribution in [2.24, 2.45) is 5.73 Å². The van der Waals surface area contributed by atoms with E-state index in [2.05, 4.69) is 20.2 Å². The van der Waals surface area contributed by atoms with Crippen molar-refractivity contribution in [2.75, 3.05) is 6.61 Å². The van der Waals surface area contributed by atoms with E-state index in [0.29, 0.717) is 28.7 Å². The minimum atomic E-state index is -0.536. The van der Waals surface area contributed by atoms with Crippen molar-refractivity contribution >= 4 is 22.9 Å². The van der Waals surface area contributed by atoms with Crippen molar-refractivity contribution in [1.82, 2.24) is 24.7 Å². The second kappa shape index (κ2) is 7.41. The summed E-state index contributed by atoms with van der Waals surface area (Å²) in [7, 11) is 0. The predicted octanol–water partition coefficient (Wildman–Crippen LogP) is 3.04. The lowest BCUT2D eigenvalue weighted by molar-refractivity contribution is -0.119. The molecule has 1 aromatic carbocycles. The number of ether oxygens (including phenoxy) is 1. The summed E-state index contributed by atoms with van der Waals surface area (Å²) in [6, 6.07) is 12.9. The summed E-state index contributed by atoms with van der Waals surface area (Å²) >= 11 is 1.63. The van der Waals surface area contributed by atoms with Crippen molar-refractivity contribution in [3.63, 3.8) is 0 Å². The van der Waals surface area contributed by atoms with E-state index in [1.54, 1.807) is 52.5 Å². The van der Waals surface area contributed by atoms with E-state index in [4.69, 9.17) is 15.0 Å². The normalized spacial score (nSPS) is 11.1. The van der Waals surface area contributed by atoms with E-state index in [1.165, 1.54) is 0 Å². The quantitative estimate of drug-likeness (QED) is 0.450. The van der Waals surface area contributed by atoms with E-state index in [1.807, 2.05) is 23.6 Å². The Balaban J connectivity index is 1.45. The molecular formula is C20H14N6O3S. The number of carbonyl (C=O) groups excluding carboxylic acids is 1. The van der Waals surface area contributed by atoms with Gasteiger partial charge in [-0.3, -0.25) is 4.79 Å². The Hall–Kier alpha value is -4.05. The van der Waals surface area contributed by atoms with Crippen LogP contribution in [0.3, 0.4) is 0 Å². The van der Waals surface area contributed by atoms with Gasteiger partial charge in [0.25, 0.3) is 11.8 Å². The van der Waals surface area contributed by atoms with Crippen LogP contribution in [0.2, 0.25) is 0 Å². The number of carbonyl (C=O) groups is 1. The van der Waals surface area contributed by atoms with Gasteiger partial charge in [0, 0.05) is 11.8 Å². The zero-order chi connectivity index (χ0) is 20.5. The van der Waals surface area contributed by atoms with E-state index in [0.717, 1.165) is 16.1 Å². The zero-order valence-corrected chi connectivity index (χ0v) is 16.2. The maximum absolute atomic E-state index is 10.8. The highest BCUT2D eigenvalue weighted by molar-refractivity contribution is 7.13. The Morgan fingerprint density at radius 1 is 1.20 bits per heavy atom. The molecule has 0 fully saturated rings. The summed E-state index contributed by atoms with van der Waals surface area (Å²) in [6.45, 7) is -0.180. The predicted molar refractivity (Wildman–Crippen MR) is 110 cm³/mol. The Bertz CT molecular complexity index is 1320. The lowest BCUT2D eigenvalue weighted by Gasteiger charge is -2.03. The molecule has 5 rings (SSSR count). The van der Waals surface area contributed by atoms with Crippen LogP contribution in [-0.2, 0) is 4.79 Å². The van der Waals surface area contributed by atoms with Crippen LogP contribution >= 0.6 is 11.3 Å². The average molecular weight is 418 g/mol. The van der Waals surface area contributed by atoms with E-state index >= 15 is 0 Å². The highest BCUT2D eigenvalue weighted by Crippen LogP contribution is 2.29. The molecule has 30 heavy (non-hydrogen) atoms. The number of hydrogen-bond donors (Lipinski definition) is 1. The van der Waals surface area contributed by atoms with Gasteiger partial charge < -0.3 is 15.0 Å². The van der Waals surface area contributed by atoms with Gasteiger partial charge in [-0.15, -0.1) is 11.3 Å². The highest BCUT2D eigenvalue weighted by Gasteiger charge is 2.18. The Morgan fingerprint density at radius 2 is 2.07 bits per heavy atom. The number of benzene rings is 1. The molecule has 1 amide bonds. The first-order chi connectivity index (χ1) is 14.7. The van der Waals surface area contributed by atoms with Gasteiger partial charge in [0.1, 0.15) is 11.3 Å². The number of rotatable bonds is 6. The lowest BCUT2D eigenvalue weighted by Crippen LogP contribution is -2.19. The molecule has 4 aromatic heterocycles. The van der Waals surface area contributed by atoms with Gasteiger partial charge in [-0.05, 0) is 41.8 Å². The molecule has 0 aliphatic carbocycles. The molecule has 0 aliphatic rings. The minimum Gasteiger partial charge on any atom is -0.484 e. The monoisotopic (exact) mass is 418 g/mol. The van der Waals surface area contributed by atoms with Gasteiger partial charge in [0.2, 0.25) is 5.82 Å². The molecule has 0 aliphatic heterocycles. The number of primary amides is 1. The van der Waals surface area contributed by atoms with Gasteiger partial charge in [-0.1, -0.05) is 11.2 Å². The SMILES string of the molecule is NC(=O)COc1ccc(-c2noc(-c3cnn4c(-c5cccs5)ccnc34)n2)cc1. The summed E-state index contributed by atoms with van der Waals surface area (Å²) in [5.74, 6) is 0.727. The molecule has 5 aromatic rings. The molecule has 2 N–H and O–H groups in total. The van der Waals surface area contributed by atoms with Crippen LogP contribution in [0.25, 0.3) is 39.1 Å². The van der Waals surface area contributed by atoms with Crippen LogP contribution in [0, 0.1) is 0 Å². The largest absolute Gasteiger partial charge is 0.484 e. The topological polar surface area (TPSA) is 121 Å². The molecule has 10 heteroatoms. The standard InChI is InChI=1S/C20H14N6O3S/c21-17(27)11-28-13-5-3-12(4-6-13)18-24-20(29-25-18)14-10-23-26-15(7-8-22-19(14)26)16-2-1-9-30-16/h1-10H,11H2,(H2,21,27). The molecule has 9 nitrogen and oxygen atoms in total. The molecule has 0 radical (unpaired) electrons. The van der Waals surface area contributed by atoms with Crippen LogP contribution in [0.5, 0.6) is 5.75 Å². The first-order valence-corrected chi connectivity index (χ1v) is 9.79. The molecule has 0 saturated heterocycles. The average Bonchev–Trinajstić information content (AvgIpc) is 3.52. The molecule has 0 spiro atoms. The van der Waals surface area contributed by atoms with Gasteiger partial charge >= 0.3 is 0 Å². The highest BCUT2D eigenvalue weighted by atomic mass is 32.1. The van der Waals surface area contributed by atoms with Gasteiger partial charge in [0.15, 0.2) is 12.3 Å². The van der Waals surface area contributed by atoms with Crippen LogP contribution in [-0.4, -0.2) is 37.3 Å². The molecule has 0 unspecified atom stereocenters. The van der Waals surface area contributed by atoms with Crippen molar-refractivity contribution in [2.45, 2.75) is 0 Å². The number of nitrogens with zero attached hydrogens (tertiary/aromatic N) is 5. The van der Waals surface area contributed by atoms with Crippen molar-refractivity contribution in [1.29, 1.82) is 0 Å². The number of amides is 1.